The van der Waals surface area contributed by atoms with Crippen molar-refractivity contribution in [3.8, 4) is 0 Å². The summed E-state index contributed by atoms with van der Waals surface area (Å²) >= 11 is 12.0. The molecule has 1 amide bonds. The smallest absolute Gasteiger partial charge is 0.316 e. The second-order valence-electron chi connectivity index (χ2n) is 3.80. The number of rotatable bonds is 2. The maximum Gasteiger partial charge on any atom is 0.316 e. The van der Waals surface area contributed by atoms with Crippen LogP contribution in [0.1, 0.15) is 11.5 Å². The Morgan fingerprint density at radius 3 is 2.47 bits per heavy atom. The molecule has 1 heterocycles. The van der Waals surface area contributed by atoms with E-state index in [-0.39, 0.29) is 6.54 Å². The first-order chi connectivity index (χ1) is 8.02. The standard InChI is InChI=1S/C11H9Cl2NO3/c12-6-2-1-3-7(13)8(6)5-4-14-10(15)9(5)11(16)17/h1-3,5,9H,4H2,(H,14,15)(H,16,17). The normalized spacial score (nSPS) is 23.5. The summed E-state index contributed by atoms with van der Waals surface area (Å²) in [5.74, 6) is -3.33. The summed E-state index contributed by atoms with van der Waals surface area (Å²) in [5.41, 5.74) is 0.515. The molecule has 90 valence electrons. The van der Waals surface area contributed by atoms with Crippen LogP contribution in [0.25, 0.3) is 0 Å². The lowest BCUT2D eigenvalue weighted by atomic mass is 9.88. The van der Waals surface area contributed by atoms with E-state index in [9.17, 15) is 9.59 Å². The maximum absolute atomic E-state index is 11.4. The summed E-state index contributed by atoms with van der Waals surface area (Å²) in [4.78, 5) is 22.5. The molecule has 0 saturated carbocycles. The number of carbonyl (C=O) groups is 2. The van der Waals surface area contributed by atoms with E-state index in [0.717, 1.165) is 0 Å². The van der Waals surface area contributed by atoms with Crippen LogP contribution in [-0.4, -0.2) is 23.5 Å². The van der Waals surface area contributed by atoms with Crippen LogP contribution < -0.4 is 5.32 Å². The van der Waals surface area contributed by atoms with Crippen LogP contribution in [0, 0.1) is 5.92 Å². The molecule has 0 radical (unpaired) electrons. The molecule has 0 spiro atoms. The van der Waals surface area contributed by atoms with Crippen LogP contribution in [0.5, 0.6) is 0 Å². The summed E-state index contributed by atoms with van der Waals surface area (Å²) in [6.07, 6.45) is 0. The largest absolute Gasteiger partial charge is 0.481 e. The molecule has 1 aliphatic rings. The molecule has 0 aliphatic carbocycles. The molecule has 1 saturated heterocycles. The van der Waals surface area contributed by atoms with Crippen molar-refractivity contribution < 1.29 is 14.7 Å². The number of aliphatic carboxylic acids is 1. The molecule has 1 aromatic carbocycles. The third-order valence-electron chi connectivity index (χ3n) is 2.82. The van der Waals surface area contributed by atoms with Crippen molar-refractivity contribution in [3.05, 3.63) is 33.8 Å². The highest BCUT2D eigenvalue weighted by Crippen LogP contribution is 2.38. The Kier molecular flexibility index (Phi) is 3.26. The molecule has 2 rings (SSSR count). The van der Waals surface area contributed by atoms with Gasteiger partial charge in [-0.15, -0.1) is 0 Å². The number of hydrogen-bond donors (Lipinski definition) is 2. The van der Waals surface area contributed by atoms with Crippen molar-refractivity contribution in [2.24, 2.45) is 5.92 Å². The fourth-order valence-corrected chi connectivity index (χ4v) is 2.72. The van der Waals surface area contributed by atoms with Crippen LogP contribution >= 0.6 is 23.2 Å². The van der Waals surface area contributed by atoms with Gasteiger partial charge in [0.2, 0.25) is 5.91 Å². The first kappa shape index (κ1) is 12.2. The highest BCUT2D eigenvalue weighted by molar-refractivity contribution is 6.36. The lowest BCUT2D eigenvalue weighted by Crippen LogP contribution is -2.26. The minimum atomic E-state index is -1.17. The molecule has 0 aromatic heterocycles. The average Bonchev–Trinajstić information content (AvgIpc) is 2.60. The number of nitrogens with one attached hydrogen (secondary N) is 1. The fourth-order valence-electron chi connectivity index (χ4n) is 2.04. The van der Waals surface area contributed by atoms with Gasteiger partial charge in [-0.1, -0.05) is 29.3 Å². The van der Waals surface area contributed by atoms with Crippen molar-refractivity contribution >= 4 is 35.1 Å². The van der Waals surface area contributed by atoms with Gasteiger partial charge in [0.1, 0.15) is 5.92 Å². The molecule has 1 aromatic rings. The van der Waals surface area contributed by atoms with E-state index in [1.54, 1.807) is 18.2 Å². The molecule has 6 heteroatoms. The topological polar surface area (TPSA) is 66.4 Å². The van der Waals surface area contributed by atoms with Gasteiger partial charge in [0.15, 0.2) is 0 Å². The van der Waals surface area contributed by atoms with Crippen LogP contribution in [0.15, 0.2) is 18.2 Å². The number of hydrogen-bond acceptors (Lipinski definition) is 2. The molecule has 1 aliphatic heterocycles. The van der Waals surface area contributed by atoms with Crippen molar-refractivity contribution in [2.45, 2.75) is 5.92 Å². The predicted molar refractivity (Wildman–Crippen MR) is 63.3 cm³/mol. The molecule has 17 heavy (non-hydrogen) atoms. The van der Waals surface area contributed by atoms with Gasteiger partial charge in [0.25, 0.3) is 0 Å². The van der Waals surface area contributed by atoms with Gasteiger partial charge in [-0.3, -0.25) is 9.59 Å². The zero-order valence-corrected chi connectivity index (χ0v) is 10.1. The van der Waals surface area contributed by atoms with Crippen LogP contribution in [-0.2, 0) is 9.59 Å². The van der Waals surface area contributed by atoms with E-state index in [1.165, 1.54) is 0 Å². The summed E-state index contributed by atoms with van der Waals surface area (Å²) in [6.45, 7) is 0.235. The van der Waals surface area contributed by atoms with Crippen molar-refractivity contribution in [3.63, 3.8) is 0 Å². The Bertz CT molecular complexity index is 469. The number of carbonyl (C=O) groups excluding carboxylic acids is 1. The second kappa shape index (κ2) is 4.55. The first-order valence-electron chi connectivity index (χ1n) is 4.96. The predicted octanol–water partition coefficient (Wildman–Crippen LogP) is 1.91. The quantitative estimate of drug-likeness (QED) is 0.809. The van der Waals surface area contributed by atoms with Crippen molar-refractivity contribution in [2.75, 3.05) is 6.54 Å². The Labute approximate surface area is 108 Å². The Morgan fingerprint density at radius 1 is 1.35 bits per heavy atom. The number of halogens is 2. The minimum absolute atomic E-state index is 0.235. The summed E-state index contributed by atoms with van der Waals surface area (Å²) in [7, 11) is 0. The molecule has 1 fully saturated rings. The van der Waals surface area contributed by atoms with Crippen molar-refractivity contribution in [1.29, 1.82) is 0 Å². The third-order valence-corrected chi connectivity index (χ3v) is 3.48. The number of carboxylic acid groups (broad SMARTS) is 1. The van der Waals surface area contributed by atoms with Crippen LogP contribution in [0.2, 0.25) is 10.0 Å². The second-order valence-corrected chi connectivity index (χ2v) is 4.62. The van der Waals surface area contributed by atoms with E-state index >= 15 is 0 Å². The van der Waals surface area contributed by atoms with E-state index in [2.05, 4.69) is 5.32 Å². The van der Waals surface area contributed by atoms with E-state index in [1.807, 2.05) is 0 Å². The first-order valence-corrected chi connectivity index (χ1v) is 5.72. The highest BCUT2D eigenvalue weighted by Gasteiger charge is 2.42. The highest BCUT2D eigenvalue weighted by atomic mass is 35.5. The van der Waals surface area contributed by atoms with Gasteiger partial charge in [0, 0.05) is 22.5 Å². The Hall–Kier alpha value is -1.26. The van der Waals surface area contributed by atoms with Crippen molar-refractivity contribution in [1.82, 2.24) is 5.32 Å². The van der Waals surface area contributed by atoms with Gasteiger partial charge in [-0.05, 0) is 17.7 Å². The molecule has 2 atom stereocenters. The lowest BCUT2D eigenvalue weighted by molar-refractivity contribution is -0.145. The van der Waals surface area contributed by atoms with Gasteiger partial charge in [-0.25, -0.2) is 0 Å². The average molecular weight is 274 g/mol. The molecular formula is C11H9Cl2NO3. The molecule has 2 N–H and O–H groups in total. The zero-order valence-electron chi connectivity index (χ0n) is 8.61. The third kappa shape index (κ3) is 2.10. The molecular weight excluding hydrogens is 265 g/mol. The lowest BCUT2D eigenvalue weighted by Gasteiger charge is -2.16. The minimum Gasteiger partial charge on any atom is -0.481 e. The summed E-state index contributed by atoms with van der Waals surface area (Å²) < 4.78 is 0. The van der Waals surface area contributed by atoms with E-state index < -0.39 is 23.7 Å². The van der Waals surface area contributed by atoms with E-state index in [4.69, 9.17) is 28.3 Å². The summed E-state index contributed by atoms with van der Waals surface area (Å²) in [6, 6.07) is 4.93. The van der Waals surface area contributed by atoms with Gasteiger partial charge in [-0.2, -0.15) is 0 Å². The maximum atomic E-state index is 11.4. The monoisotopic (exact) mass is 273 g/mol. The SMILES string of the molecule is O=C(O)C1C(=O)NCC1c1c(Cl)cccc1Cl. The fraction of sp³-hybridized carbons (Fsp3) is 0.273. The van der Waals surface area contributed by atoms with Crippen LogP contribution in [0.3, 0.4) is 0 Å². The molecule has 2 unspecified atom stereocenters. The van der Waals surface area contributed by atoms with E-state index in [0.29, 0.717) is 15.6 Å². The molecule has 4 nitrogen and oxygen atoms in total. The van der Waals surface area contributed by atoms with Crippen LogP contribution in [0.4, 0.5) is 0 Å². The number of amides is 1. The number of benzene rings is 1. The number of carboxylic acids is 1. The Morgan fingerprint density at radius 2 is 1.94 bits per heavy atom. The molecule has 0 bridgehead atoms. The van der Waals surface area contributed by atoms with Gasteiger partial charge in [0.05, 0.1) is 0 Å². The Balaban J connectivity index is 2.46. The van der Waals surface area contributed by atoms with Gasteiger partial charge < -0.3 is 10.4 Å². The van der Waals surface area contributed by atoms with Gasteiger partial charge >= 0.3 is 5.97 Å². The summed E-state index contributed by atoms with van der Waals surface area (Å²) in [5, 5.41) is 12.3. The zero-order chi connectivity index (χ0) is 12.6.